The first-order chi connectivity index (χ1) is 21.4. The maximum atomic E-state index is 13.7. The summed E-state index contributed by atoms with van der Waals surface area (Å²) in [5.74, 6) is -4.63. The van der Waals surface area contributed by atoms with Crippen molar-refractivity contribution < 1.29 is 33.9 Å². The first-order valence-electron chi connectivity index (χ1n) is 14.8. The Morgan fingerprint density at radius 3 is 2.27 bits per heavy atom. The number of aliphatic carboxylic acids is 1. The Balaban J connectivity index is 2.20. The van der Waals surface area contributed by atoms with Crippen molar-refractivity contribution in [3.8, 4) is 0 Å². The lowest BCUT2D eigenvalue weighted by atomic mass is 9.97. The lowest BCUT2D eigenvalue weighted by molar-refractivity contribution is -0.146. The second-order valence-corrected chi connectivity index (χ2v) is 11.1. The van der Waals surface area contributed by atoms with Gasteiger partial charge < -0.3 is 43.2 Å². The molecule has 1 aliphatic heterocycles. The Morgan fingerprint density at radius 1 is 0.956 bits per heavy atom. The van der Waals surface area contributed by atoms with Crippen molar-refractivity contribution >= 4 is 53.1 Å². The fourth-order valence-corrected chi connectivity index (χ4v) is 5.14. The minimum absolute atomic E-state index is 0.0943. The van der Waals surface area contributed by atoms with E-state index in [0.29, 0.717) is 25.7 Å². The fourth-order valence-electron chi connectivity index (χ4n) is 5.06. The molecule has 1 aromatic carbocycles. The zero-order valence-electron chi connectivity index (χ0n) is 25.1. The molecule has 4 unspecified atom stereocenters. The summed E-state index contributed by atoms with van der Waals surface area (Å²) < 4.78 is 0. The van der Waals surface area contributed by atoms with Crippen LogP contribution in [0.25, 0.3) is 0 Å². The van der Waals surface area contributed by atoms with Gasteiger partial charge in [-0.1, -0.05) is 30.3 Å². The minimum Gasteiger partial charge on any atom is -0.481 e. The summed E-state index contributed by atoms with van der Waals surface area (Å²) in [5.41, 5.74) is 17.0. The molecular weight excluding hydrogens is 608 g/mol. The van der Waals surface area contributed by atoms with E-state index in [1.165, 1.54) is 4.90 Å². The van der Waals surface area contributed by atoms with E-state index >= 15 is 0 Å². The molecule has 0 aliphatic carbocycles. The van der Waals surface area contributed by atoms with Crippen molar-refractivity contribution in [1.29, 1.82) is 0 Å². The number of amides is 5. The third-order valence-corrected chi connectivity index (χ3v) is 7.46. The molecule has 1 aliphatic rings. The van der Waals surface area contributed by atoms with Crippen molar-refractivity contribution in [2.24, 2.45) is 22.2 Å². The van der Waals surface area contributed by atoms with E-state index in [2.05, 4.69) is 20.9 Å². The number of benzene rings is 1. The summed E-state index contributed by atoms with van der Waals surface area (Å²) in [7, 11) is 0. The number of carboxylic acid groups (broad SMARTS) is 1. The number of likely N-dealkylation sites (tertiary alicyclic amines) is 1. The van der Waals surface area contributed by atoms with Gasteiger partial charge in [-0.3, -0.25) is 33.8 Å². The number of carbonyl (C=O) groups excluding carboxylic acids is 5. The van der Waals surface area contributed by atoms with E-state index in [1.54, 1.807) is 0 Å². The van der Waals surface area contributed by atoms with Crippen LogP contribution < -0.4 is 33.2 Å². The van der Waals surface area contributed by atoms with Gasteiger partial charge in [-0.2, -0.15) is 0 Å². The Hall–Kier alpha value is -4.40. The van der Waals surface area contributed by atoms with Crippen LogP contribution in [0.4, 0.5) is 0 Å². The summed E-state index contributed by atoms with van der Waals surface area (Å²) >= 11 is 5.60. The molecule has 0 spiro atoms. The van der Waals surface area contributed by atoms with Crippen molar-refractivity contribution in [2.45, 2.75) is 82.0 Å². The van der Waals surface area contributed by atoms with Crippen LogP contribution in [-0.2, 0) is 35.2 Å². The van der Waals surface area contributed by atoms with Gasteiger partial charge in [-0.05, 0) is 50.5 Å². The Bertz CT molecular complexity index is 1210. The highest BCUT2D eigenvalue weighted by Crippen LogP contribution is 2.20. The average molecular weight is 651 g/mol. The van der Waals surface area contributed by atoms with Gasteiger partial charge in [0.25, 0.3) is 0 Å². The molecule has 1 saturated heterocycles. The van der Waals surface area contributed by atoms with Gasteiger partial charge in [0.05, 0.1) is 0 Å². The number of aliphatic imine (C=N–C) groups is 1. The predicted octanol–water partition coefficient (Wildman–Crippen LogP) is -0.903. The zero-order chi connectivity index (χ0) is 33.4. The molecule has 1 heterocycles. The maximum Gasteiger partial charge on any atom is 0.303 e. The molecular formula is C29H43ClN8O7. The SMILES string of the molecule is NC(=O)C(CCCN=C(N)N)NC(=O)CC(Cc1ccccc1)NC(=O)C1CCCCN1C(=O)C(CCC(=O)O)NC(=O)CCl. The summed E-state index contributed by atoms with van der Waals surface area (Å²) in [6.45, 7) is 0.471. The number of hydrogen-bond acceptors (Lipinski definition) is 7. The molecule has 0 saturated carbocycles. The molecule has 10 N–H and O–H groups in total. The monoisotopic (exact) mass is 650 g/mol. The van der Waals surface area contributed by atoms with Gasteiger partial charge >= 0.3 is 5.97 Å². The van der Waals surface area contributed by atoms with Crippen molar-refractivity contribution in [3.63, 3.8) is 0 Å². The number of carbonyl (C=O) groups is 6. The smallest absolute Gasteiger partial charge is 0.303 e. The Morgan fingerprint density at radius 2 is 1.64 bits per heavy atom. The lowest BCUT2D eigenvalue weighted by Crippen LogP contribution is -2.59. The number of alkyl halides is 1. The largest absolute Gasteiger partial charge is 0.481 e. The summed E-state index contributed by atoms with van der Waals surface area (Å²) in [6, 6.07) is 5.38. The van der Waals surface area contributed by atoms with Gasteiger partial charge in [0.2, 0.25) is 29.5 Å². The van der Waals surface area contributed by atoms with E-state index in [1.807, 2.05) is 30.3 Å². The highest BCUT2D eigenvalue weighted by molar-refractivity contribution is 6.27. The molecule has 15 nitrogen and oxygen atoms in total. The number of primary amides is 1. The number of piperidine rings is 1. The number of nitrogens with two attached hydrogens (primary N) is 3. The molecule has 0 bridgehead atoms. The predicted molar refractivity (Wildman–Crippen MR) is 167 cm³/mol. The van der Waals surface area contributed by atoms with Crippen molar-refractivity contribution in [3.05, 3.63) is 35.9 Å². The van der Waals surface area contributed by atoms with Gasteiger partial charge in [0, 0.05) is 32.0 Å². The molecule has 0 radical (unpaired) electrons. The summed E-state index contributed by atoms with van der Waals surface area (Å²) in [5, 5.41) is 17.1. The zero-order valence-corrected chi connectivity index (χ0v) is 25.8. The normalized spacial score (nSPS) is 16.4. The quantitative estimate of drug-likeness (QED) is 0.0449. The lowest BCUT2D eigenvalue weighted by Gasteiger charge is -2.37. The first kappa shape index (κ1) is 36.8. The molecule has 2 rings (SSSR count). The highest BCUT2D eigenvalue weighted by atomic mass is 35.5. The third-order valence-electron chi connectivity index (χ3n) is 7.22. The molecule has 1 fully saturated rings. The number of carboxylic acids is 1. The van der Waals surface area contributed by atoms with Crippen LogP contribution in [0.3, 0.4) is 0 Å². The number of nitrogens with one attached hydrogen (secondary N) is 3. The van der Waals surface area contributed by atoms with Gasteiger partial charge in [0.15, 0.2) is 5.96 Å². The molecule has 1 aromatic rings. The van der Waals surface area contributed by atoms with Crippen molar-refractivity contribution in [2.75, 3.05) is 19.0 Å². The second-order valence-electron chi connectivity index (χ2n) is 10.8. The number of rotatable bonds is 18. The molecule has 5 amide bonds. The van der Waals surface area contributed by atoms with E-state index < -0.39 is 65.6 Å². The number of guanidine groups is 1. The average Bonchev–Trinajstić information content (AvgIpc) is 3.00. The van der Waals surface area contributed by atoms with Crippen LogP contribution in [0.2, 0.25) is 0 Å². The second kappa shape index (κ2) is 19.1. The summed E-state index contributed by atoms with van der Waals surface area (Å²) in [6.07, 6.45) is 1.72. The van der Waals surface area contributed by atoms with Crippen LogP contribution >= 0.6 is 11.6 Å². The van der Waals surface area contributed by atoms with Crippen molar-refractivity contribution in [1.82, 2.24) is 20.9 Å². The number of hydrogen-bond donors (Lipinski definition) is 7. The van der Waals surface area contributed by atoms with E-state index in [-0.39, 0.29) is 51.2 Å². The minimum atomic E-state index is -1.18. The van der Waals surface area contributed by atoms with Gasteiger partial charge in [-0.15, -0.1) is 11.6 Å². The molecule has 248 valence electrons. The topological polar surface area (TPSA) is 252 Å². The molecule has 0 aromatic heterocycles. The van der Waals surface area contributed by atoms with Crippen LogP contribution in [0.1, 0.15) is 56.9 Å². The van der Waals surface area contributed by atoms with E-state index in [4.69, 9.17) is 33.9 Å². The fraction of sp³-hybridized carbons (Fsp3) is 0.552. The van der Waals surface area contributed by atoms with Crippen LogP contribution in [0, 0.1) is 0 Å². The van der Waals surface area contributed by atoms with E-state index in [9.17, 15) is 28.8 Å². The third kappa shape index (κ3) is 13.4. The van der Waals surface area contributed by atoms with E-state index in [0.717, 1.165) is 5.56 Å². The maximum absolute atomic E-state index is 13.7. The number of halogens is 1. The van der Waals surface area contributed by atoms with Gasteiger partial charge in [0.1, 0.15) is 24.0 Å². The molecule has 45 heavy (non-hydrogen) atoms. The molecule has 4 atom stereocenters. The summed E-state index contributed by atoms with van der Waals surface area (Å²) in [4.78, 5) is 80.6. The standard InChI is InChI=1S/C29H43ClN8O7/c30-17-24(40)37-21(11-12-25(41)42)28(45)38-14-5-4-10-22(38)27(44)35-19(15-18-7-2-1-3-8-18)16-23(39)36-20(26(31)43)9-6-13-34-29(32)33/h1-3,7-8,19-22H,4-6,9-17H2,(H2,31,43)(H,35,44)(H,36,39)(H,37,40)(H,41,42)(H4,32,33,34). The van der Waals surface area contributed by atoms with Crippen LogP contribution in [0.15, 0.2) is 35.3 Å². The van der Waals surface area contributed by atoms with Gasteiger partial charge in [-0.25, -0.2) is 0 Å². The first-order valence-corrected chi connectivity index (χ1v) is 15.3. The number of nitrogens with zero attached hydrogens (tertiary/aromatic N) is 2. The molecule has 16 heteroatoms. The Kier molecular flexibility index (Phi) is 15.6. The Labute approximate surface area is 266 Å². The van der Waals surface area contributed by atoms with Crippen LogP contribution in [-0.4, -0.2) is 94.6 Å². The van der Waals surface area contributed by atoms with Crippen LogP contribution in [0.5, 0.6) is 0 Å². The highest BCUT2D eigenvalue weighted by Gasteiger charge is 2.37.